The van der Waals surface area contributed by atoms with Crippen LogP contribution in [0.4, 0.5) is 0 Å². The largest absolute Gasteiger partial charge is 0.494 e. The predicted molar refractivity (Wildman–Crippen MR) is 109 cm³/mol. The summed E-state index contributed by atoms with van der Waals surface area (Å²) in [6, 6.07) is 12.9. The lowest BCUT2D eigenvalue weighted by molar-refractivity contribution is -0.129. The second kappa shape index (κ2) is 10.3. The van der Waals surface area contributed by atoms with Crippen LogP contribution >= 0.6 is 46.4 Å². The van der Waals surface area contributed by atoms with Gasteiger partial charge in [0.05, 0.1) is 6.61 Å². The minimum absolute atomic E-state index is 0.340. The summed E-state index contributed by atoms with van der Waals surface area (Å²) in [5.41, 5.74) is 1.86. The first-order valence-electron chi connectivity index (χ1n) is 8.13. The number of halogens is 4. The Balaban J connectivity index is 2.09. The van der Waals surface area contributed by atoms with E-state index >= 15 is 0 Å². The second-order valence-corrected chi connectivity index (χ2v) is 7.56. The van der Waals surface area contributed by atoms with Gasteiger partial charge in [-0.15, -0.1) is 0 Å². The van der Waals surface area contributed by atoms with Gasteiger partial charge in [0, 0.05) is 23.1 Å². The molecule has 0 aliphatic rings. The maximum Gasteiger partial charge on any atom is 0.256 e. The molecule has 0 spiro atoms. The molecule has 0 aromatic heterocycles. The highest BCUT2D eigenvalue weighted by Crippen LogP contribution is 2.22. The van der Waals surface area contributed by atoms with E-state index in [1.807, 2.05) is 37.3 Å². The average Bonchev–Trinajstić information content (AvgIpc) is 2.61. The third-order valence-corrected chi connectivity index (χ3v) is 4.73. The molecule has 3 nitrogen and oxygen atoms in total. The Kier molecular flexibility index (Phi) is 8.36. The molecule has 2 rings (SSSR count). The quantitative estimate of drug-likeness (QED) is 0.493. The highest BCUT2D eigenvalue weighted by Gasteiger charge is 2.21. The molecule has 0 aliphatic carbocycles. The van der Waals surface area contributed by atoms with Crippen LogP contribution in [0, 0.1) is 0 Å². The molecule has 0 N–H and O–H groups in total. The van der Waals surface area contributed by atoms with E-state index in [1.165, 1.54) is 0 Å². The number of carbonyl (C=O) groups is 1. The third-order valence-electron chi connectivity index (χ3n) is 3.77. The number of ether oxygens (including phenoxy) is 1. The van der Waals surface area contributed by atoms with Crippen molar-refractivity contribution in [1.29, 1.82) is 0 Å². The standard InChI is InChI=1S/C19H19Cl4NO2/c1-2-26-16-7-3-13(4-8-16)12-24(19(25)18(22)23)10-9-14-5-6-15(20)11-17(14)21/h3-8,11,18H,2,9-10,12H2,1H3. The predicted octanol–water partition coefficient (Wildman–Crippen LogP) is 5.77. The van der Waals surface area contributed by atoms with Gasteiger partial charge in [-0.3, -0.25) is 4.79 Å². The summed E-state index contributed by atoms with van der Waals surface area (Å²) >= 11 is 23.7. The Morgan fingerprint density at radius 3 is 2.38 bits per heavy atom. The normalized spacial score (nSPS) is 10.8. The van der Waals surface area contributed by atoms with Crippen molar-refractivity contribution in [2.75, 3.05) is 13.2 Å². The molecule has 0 unspecified atom stereocenters. The van der Waals surface area contributed by atoms with Crippen molar-refractivity contribution < 1.29 is 9.53 Å². The van der Waals surface area contributed by atoms with Crippen LogP contribution in [0.15, 0.2) is 42.5 Å². The molecular formula is C19H19Cl4NO2. The van der Waals surface area contributed by atoms with Crippen LogP contribution in [0.25, 0.3) is 0 Å². The number of nitrogens with zero attached hydrogens (tertiary/aromatic N) is 1. The van der Waals surface area contributed by atoms with E-state index in [0.29, 0.717) is 36.2 Å². The molecule has 0 atom stereocenters. The fraction of sp³-hybridized carbons (Fsp3) is 0.316. The van der Waals surface area contributed by atoms with E-state index in [-0.39, 0.29) is 5.91 Å². The number of benzene rings is 2. The molecule has 1 amide bonds. The van der Waals surface area contributed by atoms with Crippen molar-refractivity contribution in [2.45, 2.75) is 24.7 Å². The van der Waals surface area contributed by atoms with Crippen molar-refractivity contribution in [1.82, 2.24) is 4.90 Å². The SMILES string of the molecule is CCOc1ccc(CN(CCc2ccc(Cl)cc2Cl)C(=O)C(Cl)Cl)cc1. The van der Waals surface area contributed by atoms with Crippen molar-refractivity contribution in [3.05, 3.63) is 63.6 Å². The Bertz CT molecular complexity index is 735. The highest BCUT2D eigenvalue weighted by molar-refractivity contribution is 6.53. The van der Waals surface area contributed by atoms with Crippen molar-refractivity contribution in [3.8, 4) is 5.75 Å². The van der Waals surface area contributed by atoms with Crippen LogP contribution in [-0.2, 0) is 17.8 Å². The fourth-order valence-corrected chi connectivity index (χ4v) is 3.24. The molecule has 0 heterocycles. The summed E-state index contributed by atoms with van der Waals surface area (Å²) in [6.07, 6.45) is 0.569. The molecular weight excluding hydrogens is 416 g/mol. The van der Waals surface area contributed by atoms with E-state index in [4.69, 9.17) is 51.1 Å². The first-order valence-corrected chi connectivity index (χ1v) is 9.76. The summed E-state index contributed by atoms with van der Waals surface area (Å²) < 4.78 is 5.43. The van der Waals surface area contributed by atoms with Gasteiger partial charge in [-0.2, -0.15) is 0 Å². The van der Waals surface area contributed by atoms with Gasteiger partial charge >= 0.3 is 0 Å². The summed E-state index contributed by atoms with van der Waals surface area (Å²) in [5, 5.41) is 1.14. The minimum Gasteiger partial charge on any atom is -0.494 e. The Morgan fingerprint density at radius 2 is 1.81 bits per heavy atom. The van der Waals surface area contributed by atoms with Crippen LogP contribution in [0.2, 0.25) is 10.0 Å². The minimum atomic E-state index is -1.11. The molecule has 0 fully saturated rings. The molecule has 26 heavy (non-hydrogen) atoms. The Morgan fingerprint density at radius 1 is 1.12 bits per heavy atom. The molecule has 0 bridgehead atoms. The molecule has 7 heteroatoms. The smallest absolute Gasteiger partial charge is 0.256 e. The molecule has 0 radical (unpaired) electrons. The fourth-order valence-electron chi connectivity index (χ4n) is 2.46. The zero-order chi connectivity index (χ0) is 19.1. The number of hydrogen-bond donors (Lipinski definition) is 0. The molecule has 2 aromatic carbocycles. The molecule has 2 aromatic rings. The van der Waals surface area contributed by atoms with Crippen molar-refractivity contribution >= 4 is 52.3 Å². The monoisotopic (exact) mass is 433 g/mol. The lowest BCUT2D eigenvalue weighted by Gasteiger charge is -2.24. The van der Waals surface area contributed by atoms with Gasteiger partial charge in [-0.1, -0.05) is 64.6 Å². The zero-order valence-electron chi connectivity index (χ0n) is 14.2. The van der Waals surface area contributed by atoms with Gasteiger partial charge in [-0.25, -0.2) is 0 Å². The molecule has 0 aliphatic heterocycles. The first-order chi connectivity index (χ1) is 12.4. The lowest BCUT2D eigenvalue weighted by atomic mass is 10.1. The maximum atomic E-state index is 12.4. The maximum absolute atomic E-state index is 12.4. The van der Waals surface area contributed by atoms with E-state index in [9.17, 15) is 4.79 Å². The summed E-state index contributed by atoms with van der Waals surface area (Å²) in [6.45, 7) is 3.36. The van der Waals surface area contributed by atoms with E-state index in [0.717, 1.165) is 16.9 Å². The lowest BCUT2D eigenvalue weighted by Crippen LogP contribution is -2.36. The summed E-state index contributed by atoms with van der Waals surface area (Å²) in [5.74, 6) is 0.446. The van der Waals surface area contributed by atoms with Gasteiger partial charge in [0.15, 0.2) is 4.84 Å². The van der Waals surface area contributed by atoms with Gasteiger partial charge in [0.25, 0.3) is 5.91 Å². The molecule has 140 valence electrons. The van der Waals surface area contributed by atoms with Crippen LogP contribution in [0.3, 0.4) is 0 Å². The number of hydrogen-bond acceptors (Lipinski definition) is 2. The highest BCUT2D eigenvalue weighted by atomic mass is 35.5. The van der Waals surface area contributed by atoms with Crippen molar-refractivity contribution in [3.63, 3.8) is 0 Å². The van der Waals surface area contributed by atoms with Crippen LogP contribution in [0.1, 0.15) is 18.1 Å². The Labute approximate surface area is 173 Å². The third kappa shape index (κ3) is 6.24. The molecule has 0 saturated heterocycles. The van der Waals surface area contributed by atoms with Gasteiger partial charge < -0.3 is 9.64 Å². The van der Waals surface area contributed by atoms with Crippen LogP contribution < -0.4 is 4.74 Å². The topological polar surface area (TPSA) is 29.5 Å². The van der Waals surface area contributed by atoms with Crippen molar-refractivity contribution in [2.24, 2.45) is 0 Å². The number of amides is 1. The number of alkyl halides is 2. The van der Waals surface area contributed by atoms with Gasteiger partial charge in [-0.05, 0) is 48.7 Å². The number of carbonyl (C=O) groups excluding carboxylic acids is 1. The molecule has 0 saturated carbocycles. The van der Waals surface area contributed by atoms with Gasteiger partial charge in [0.1, 0.15) is 5.75 Å². The Hall–Kier alpha value is -1.13. The zero-order valence-corrected chi connectivity index (χ0v) is 17.2. The number of rotatable bonds is 8. The van der Waals surface area contributed by atoms with Crippen LogP contribution in [0.5, 0.6) is 5.75 Å². The second-order valence-electron chi connectivity index (χ2n) is 5.62. The first kappa shape index (κ1) is 21.2. The van der Waals surface area contributed by atoms with Crippen LogP contribution in [-0.4, -0.2) is 28.8 Å². The van der Waals surface area contributed by atoms with E-state index in [2.05, 4.69) is 0 Å². The average molecular weight is 435 g/mol. The summed E-state index contributed by atoms with van der Waals surface area (Å²) in [4.78, 5) is 12.9. The summed E-state index contributed by atoms with van der Waals surface area (Å²) in [7, 11) is 0. The van der Waals surface area contributed by atoms with E-state index < -0.39 is 4.84 Å². The van der Waals surface area contributed by atoms with E-state index in [1.54, 1.807) is 17.0 Å². The van der Waals surface area contributed by atoms with Gasteiger partial charge in [0.2, 0.25) is 0 Å².